The summed E-state index contributed by atoms with van der Waals surface area (Å²) in [4.78, 5) is 18.7. The molecule has 7 nitrogen and oxygen atoms in total. The average molecular weight is 633 g/mol. The van der Waals surface area contributed by atoms with Crippen LogP contribution in [0.2, 0.25) is 0 Å². The normalized spacial score (nSPS) is 18.6. The number of carboxylic acid groups (broad SMARTS) is 1. The number of benzene rings is 2. The van der Waals surface area contributed by atoms with E-state index in [9.17, 15) is 18.8 Å². The molecule has 0 bridgehead atoms. The van der Waals surface area contributed by atoms with E-state index in [0.29, 0.717) is 34.9 Å². The van der Waals surface area contributed by atoms with Crippen molar-refractivity contribution < 1.29 is 18.8 Å². The second-order valence-corrected chi connectivity index (χ2v) is 14.6. The van der Waals surface area contributed by atoms with Crippen LogP contribution in [-0.2, 0) is 24.2 Å². The van der Waals surface area contributed by atoms with Gasteiger partial charge >= 0.3 is 5.97 Å². The zero-order valence-corrected chi connectivity index (χ0v) is 25.8. The van der Waals surface area contributed by atoms with Crippen molar-refractivity contribution in [3.8, 4) is 16.4 Å². The number of halogens is 1. The number of aromatic nitrogens is 3. The molecule has 0 amide bonds. The predicted octanol–water partition coefficient (Wildman–Crippen LogP) is 7.00. The fourth-order valence-corrected chi connectivity index (χ4v) is 8.08. The highest BCUT2D eigenvalue weighted by Gasteiger charge is 2.40. The molecule has 2 aliphatic rings. The molecule has 7 rings (SSSR count). The maximum atomic E-state index is 14.9. The standard InChI is InChI=1S/C32H29FN4O3S3/c1-17-5-9-28(42-17)23-15-22(23)20-3-2-4-21(14-20)30-24(11-19-8-10-29(43(34)40)25(33)12-19)27(13-18-6-7-18)37(36-30)32-35-26(16-41-32)31(38)39/h2-5,8-10,12,14,16,18,22-23H,6-7,11,13,15,34H2,1H3,(H,38,39). The van der Waals surface area contributed by atoms with Gasteiger partial charge in [0.15, 0.2) is 11.5 Å². The minimum Gasteiger partial charge on any atom is -0.593 e. The van der Waals surface area contributed by atoms with Crippen LogP contribution < -0.4 is 5.14 Å². The average Bonchev–Trinajstić information content (AvgIpc) is 3.83. The van der Waals surface area contributed by atoms with Crippen LogP contribution in [0.15, 0.2) is 64.9 Å². The van der Waals surface area contributed by atoms with E-state index in [1.807, 2.05) is 11.3 Å². The van der Waals surface area contributed by atoms with Crippen molar-refractivity contribution >= 4 is 40.0 Å². The van der Waals surface area contributed by atoms with Gasteiger partial charge in [0.2, 0.25) is 10.0 Å². The number of hydrogen-bond acceptors (Lipinski definition) is 7. The van der Waals surface area contributed by atoms with E-state index in [-0.39, 0.29) is 10.6 Å². The molecule has 3 heterocycles. The van der Waals surface area contributed by atoms with Crippen molar-refractivity contribution in [2.45, 2.75) is 55.8 Å². The maximum absolute atomic E-state index is 14.9. The minimum atomic E-state index is -1.92. The monoisotopic (exact) mass is 632 g/mol. The molecule has 5 aromatic rings. The van der Waals surface area contributed by atoms with Crippen molar-refractivity contribution in [2.75, 3.05) is 0 Å². The number of thiazole rings is 1. The van der Waals surface area contributed by atoms with Crippen LogP contribution in [-0.4, -0.2) is 30.4 Å². The van der Waals surface area contributed by atoms with Gasteiger partial charge in [-0.2, -0.15) is 5.10 Å². The first kappa shape index (κ1) is 28.4. The molecular formula is C32H29FN4O3S3. The minimum absolute atomic E-state index is 0.0194. The summed E-state index contributed by atoms with van der Waals surface area (Å²) in [5.74, 6) is -0.208. The predicted molar refractivity (Wildman–Crippen MR) is 167 cm³/mol. The summed E-state index contributed by atoms with van der Waals surface area (Å²) < 4.78 is 28.4. The Morgan fingerprint density at radius 2 is 2.02 bits per heavy atom. The molecule has 3 N–H and O–H groups in total. The molecule has 0 radical (unpaired) electrons. The summed E-state index contributed by atoms with van der Waals surface area (Å²) in [6.45, 7) is 2.14. The summed E-state index contributed by atoms with van der Waals surface area (Å²) in [6.07, 6.45) is 4.51. The number of carbonyl (C=O) groups is 1. The van der Waals surface area contributed by atoms with Crippen LogP contribution in [0.3, 0.4) is 0 Å². The quantitative estimate of drug-likeness (QED) is 0.160. The molecule has 2 saturated carbocycles. The SMILES string of the molecule is Cc1ccc(C2CC2c2cccc(-c3nn(-c4nc(C(=O)O)cs4)c(CC4CC4)c3Cc3ccc([S+](N)[O-])c(F)c3)c2)s1. The van der Waals surface area contributed by atoms with Crippen LogP contribution in [0.5, 0.6) is 0 Å². The largest absolute Gasteiger partial charge is 0.593 e. The summed E-state index contributed by atoms with van der Waals surface area (Å²) in [6, 6.07) is 17.6. The van der Waals surface area contributed by atoms with Crippen LogP contribution in [0.1, 0.15) is 73.7 Å². The van der Waals surface area contributed by atoms with E-state index in [2.05, 4.69) is 48.3 Å². The molecule has 3 unspecified atom stereocenters. The number of rotatable bonds is 10. The third kappa shape index (κ3) is 5.80. The fourth-order valence-electron chi connectivity index (χ4n) is 5.79. The van der Waals surface area contributed by atoms with Crippen molar-refractivity contribution in [2.24, 2.45) is 11.1 Å². The maximum Gasteiger partial charge on any atom is 0.355 e. The number of thiophene rings is 1. The Bertz CT molecular complexity index is 1840. The smallest absolute Gasteiger partial charge is 0.355 e. The van der Waals surface area contributed by atoms with Gasteiger partial charge in [0.25, 0.3) is 0 Å². The molecule has 2 aliphatic carbocycles. The van der Waals surface area contributed by atoms with Crippen LogP contribution >= 0.6 is 22.7 Å². The lowest BCUT2D eigenvalue weighted by Gasteiger charge is -2.10. The van der Waals surface area contributed by atoms with Crippen molar-refractivity contribution in [1.82, 2.24) is 14.8 Å². The Morgan fingerprint density at radius 1 is 1.19 bits per heavy atom. The second-order valence-electron chi connectivity index (χ2n) is 11.4. The van der Waals surface area contributed by atoms with Gasteiger partial charge in [-0.05, 0) is 85.9 Å². The van der Waals surface area contributed by atoms with Crippen molar-refractivity contribution in [3.05, 3.63) is 104 Å². The Hall–Kier alpha value is -3.35. The molecule has 2 fully saturated rings. The molecule has 43 heavy (non-hydrogen) atoms. The molecule has 0 saturated heterocycles. The summed E-state index contributed by atoms with van der Waals surface area (Å²) in [5.41, 5.74) is 5.61. The number of nitrogens with zero attached hydrogens (tertiary/aromatic N) is 3. The van der Waals surface area contributed by atoms with Crippen LogP contribution in [0, 0.1) is 18.7 Å². The first-order valence-corrected chi connectivity index (χ1v) is 17.1. The highest BCUT2D eigenvalue weighted by molar-refractivity contribution is 7.89. The van der Waals surface area contributed by atoms with Crippen LogP contribution in [0.25, 0.3) is 16.4 Å². The van der Waals surface area contributed by atoms with E-state index in [0.717, 1.165) is 48.2 Å². The topological polar surface area (TPSA) is 117 Å². The van der Waals surface area contributed by atoms with Crippen molar-refractivity contribution in [1.29, 1.82) is 0 Å². The number of carboxylic acids is 1. The third-order valence-electron chi connectivity index (χ3n) is 8.26. The van der Waals surface area contributed by atoms with E-state index in [1.54, 1.807) is 10.7 Å². The van der Waals surface area contributed by atoms with Gasteiger partial charge in [-0.3, -0.25) is 0 Å². The van der Waals surface area contributed by atoms with Gasteiger partial charge < -0.3 is 9.66 Å². The zero-order chi connectivity index (χ0) is 29.8. The van der Waals surface area contributed by atoms with Gasteiger partial charge in [0, 0.05) is 38.6 Å². The molecule has 3 aromatic heterocycles. The van der Waals surface area contributed by atoms with E-state index < -0.39 is 23.1 Å². The molecule has 0 aliphatic heterocycles. The highest BCUT2D eigenvalue weighted by Crippen LogP contribution is 2.56. The Morgan fingerprint density at radius 3 is 2.70 bits per heavy atom. The highest BCUT2D eigenvalue weighted by atomic mass is 32.2. The van der Waals surface area contributed by atoms with Gasteiger partial charge in [0.05, 0.1) is 22.7 Å². The number of aryl methyl sites for hydroxylation is 1. The summed E-state index contributed by atoms with van der Waals surface area (Å²) >= 11 is 1.19. The van der Waals surface area contributed by atoms with E-state index in [4.69, 9.17) is 10.2 Å². The summed E-state index contributed by atoms with van der Waals surface area (Å²) in [7, 11) is 0. The molecule has 3 atom stereocenters. The van der Waals surface area contributed by atoms with Crippen molar-refractivity contribution in [3.63, 3.8) is 0 Å². The summed E-state index contributed by atoms with van der Waals surface area (Å²) in [5, 5.41) is 22.1. The lowest BCUT2D eigenvalue weighted by Crippen LogP contribution is -2.14. The molecule has 11 heteroatoms. The molecule has 220 valence electrons. The number of nitrogens with two attached hydrogens (primary N) is 1. The number of hydrogen-bond donors (Lipinski definition) is 2. The van der Waals surface area contributed by atoms with Gasteiger partial charge in [0.1, 0.15) is 0 Å². The Balaban J connectivity index is 1.33. The molecular weight excluding hydrogens is 604 g/mol. The molecule has 0 spiro atoms. The van der Waals surface area contributed by atoms with Gasteiger partial charge in [-0.15, -0.1) is 27.8 Å². The van der Waals surface area contributed by atoms with E-state index >= 15 is 0 Å². The van der Waals surface area contributed by atoms with Crippen LogP contribution in [0.4, 0.5) is 4.39 Å². The Kier molecular flexibility index (Phi) is 7.46. The zero-order valence-electron chi connectivity index (χ0n) is 23.3. The lowest BCUT2D eigenvalue weighted by atomic mass is 9.95. The fraction of sp³-hybridized carbons (Fsp3) is 0.281. The van der Waals surface area contributed by atoms with E-state index in [1.165, 1.54) is 44.2 Å². The molecule has 2 aromatic carbocycles. The first-order chi connectivity index (χ1) is 20.7. The van der Waals surface area contributed by atoms with Gasteiger partial charge in [-0.1, -0.05) is 24.3 Å². The van der Waals surface area contributed by atoms with Gasteiger partial charge in [-0.25, -0.2) is 18.9 Å². The first-order valence-electron chi connectivity index (χ1n) is 14.2. The third-order valence-corrected chi connectivity index (χ3v) is 11.0. The number of aromatic carboxylic acids is 1. The lowest BCUT2D eigenvalue weighted by molar-refractivity contribution is 0.0691. The Labute approximate surface area is 259 Å². The second kappa shape index (κ2) is 11.3.